The number of ether oxygens (including phenoxy) is 1. The van der Waals surface area contributed by atoms with Crippen LogP contribution in [0.5, 0.6) is 5.75 Å². The normalized spacial score (nSPS) is 8.92. The van der Waals surface area contributed by atoms with E-state index < -0.39 is 6.09 Å². The minimum Gasteiger partial charge on any atom is -0.465 e. The Morgan fingerprint density at radius 1 is 1.38 bits per heavy atom. The average molecular weight is 197 g/mol. The summed E-state index contributed by atoms with van der Waals surface area (Å²) in [7, 11) is 0. The molecule has 0 saturated heterocycles. The van der Waals surface area contributed by atoms with E-state index in [0.717, 1.165) is 0 Å². The Kier molecular flexibility index (Phi) is 3.22. The molecule has 13 heavy (non-hydrogen) atoms. The highest BCUT2D eigenvalue weighted by Gasteiger charge is 2.02. The number of amides is 1. The summed E-state index contributed by atoms with van der Waals surface area (Å²) in [4.78, 5) is 10.1. The van der Waals surface area contributed by atoms with E-state index in [0.29, 0.717) is 5.75 Å². The molecule has 0 saturated carbocycles. The first-order chi connectivity index (χ1) is 6.18. The van der Waals surface area contributed by atoms with Crippen molar-refractivity contribution in [2.45, 2.75) is 0 Å². The molecule has 0 aliphatic heterocycles. The summed E-state index contributed by atoms with van der Waals surface area (Å²) in [5.41, 5.74) is 0. The first-order valence-electron chi connectivity index (χ1n) is 3.45. The number of carbonyl (C=O) groups is 1. The van der Waals surface area contributed by atoms with Gasteiger partial charge in [-0.1, -0.05) is 18.2 Å². The molecule has 0 unspecified atom stereocenters. The summed E-state index contributed by atoms with van der Waals surface area (Å²) in [6, 6.07) is 8.70. The predicted octanol–water partition coefficient (Wildman–Crippen LogP) is 1.62. The van der Waals surface area contributed by atoms with E-state index in [2.05, 4.69) is 12.2 Å². The highest BCUT2D eigenvalue weighted by Crippen LogP contribution is 2.07. The molecule has 0 aromatic heterocycles. The van der Waals surface area contributed by atoms with E-state index in [1.807, 2.05) is 11.4 Å². The second-order valence-corrected chi connectivity index (χ2v) is 2.50. The van der Waals surface area contributed by atoms with Gasteiger partial charge in [0.2, 0.25) is 0 Å². The summed E-state index contributed by atoms with van der Waals surface area (Å²) in [5, 5.41) is 10.0. The maximum atomic E-state index is 10.1. The van der Waals surface area contributed by atoms with Crippen LogP contribution in [0.15, 0.2) is 30.3 Å². The first kappa shape index (κ1) is 9.47. The lowest BCUT2D eigenvalue weighted by Crippen LogP contribution is -2.31. The summed E-state index contributed by atoms with van der Waals surface area (Å²) in [5.74, 6) is 0.501. The van der Waals surface area contributed by atoms with Gasteiger partial charge in [0, 0.05) is 0 Å². The van der Waals surface area contributed by atoms with Crippen LogP contribution < -0.4 is 10.1 Å². The quantitative estimate of drug-likeness (QED) is 0.671. The van der Waals surface area contributed by atoms with Crippen LogP contribution in [0.2, 0.25) is 0 Å². The van der Waals surface area contributed by atoms with Crippen LogP contribution in [0.25, 0.3) is 0 Å². The lowest BCUT2D eigenvalue weighted by Gasteiger charge is -2.04. The summed E-state index contributed by atoms with van der Waals surface area (Å²) in [6.07, 6.45) is -1.24. The van der Waals surface area contributed by atoms with Gasteiger partial charge in [-0.25, -0.2) is 4.79 Å². The Balaban J connectivity index is 2.50. The number of nitrogens with one attached hydrogen (secondary N) is 1. The van der Waals surface area contributed by atoms with E-state index >= 15 is 0 Å². The van der Waals surface area contributed by atoms with Crippen molar-refractivity contribution in [1.82, 2.24) is 5.32 Å². The molecular formula is C8H7NO3S. The van der Waals surface area contributed by atoms with Crippen LogP contribution >= 0.6 is 12.2 Å². The Labute approximate surface area is 80.1 Å². The third kappa shape index (κ3) is 3.53. The van der Waals surface area contributed by atoms with E-state index in [1.54, 1.807) is 24.3 Å². The highest BCUT2D eigenvalue weighted by atomic mass is 32.1. The number of thiocarbonyl (C=S) groups is 1. The van der Waals surface area contributed by atoms with E-state index in [9.17, 15) is 4.79 Å². The number of rotatable bonds is 1. The summed E-state index contributed by atoms with van der Waals surface area (Å²) < 4.78 is 4.96. The smallest absolute Gasteiger partial charge is 0.412 e. The molecule has 0 spiro atoms. The van der Waals surface area contributed by atoms with Crippen LogP contribution in [-0.4, -0.2) is 16.4 Å². The van der Waals surface area contributed by atoms with Gasteiger partial charge in [0.15, 0.2) is 0 Å². The van der Waals surface area contributed by atoms with E-state index in [4.69, 9.17) is 9.84 Å². The van der Waals surface area contributed by atoms with Crippen LogP contribution in [0, 0.1) is 0 Å². The summed E-state index contributed by atoms with van der Waals surface area (Å²) >= 11 is 4.60. The maximum absolute atomic E-state index is 10.1. The van der Waals surface area contributed by atoms with E-state index in [1.165, 1.54) is 0 Å². The average Bonchev–Trinajstić information content (AvgIpc) is 2.04. The second kappa shape index (κ2) is 4.42. The minimum absolute atomic E-state index is 0.182. The zero-order chi connectivity index (χ0) is 9.68. The summed E-state index contributed by atoms with van der Waals surface area (Å²) in [6.45, 7) is 0. The van der Waals surface area contributed by atoms with Crippen molar-refractivity contribution in [3.63, 3.8) is 0 Å². The Hall–Kier alpha value is -1.62. The molecule has 68 valence electrons. The molecule has 4 nitrogen and oxygen atoms in total. The fraction of sp³-hybridized carbons (Fsp3) is 0. The fourth-order valence-electron chi connectivity index (χ4n) is 0.708. The molecule has 1 aromatic carbocycles. The maximum Gasteiger partial charge on any atom is 0.412 e. The molecule has 0 atom stereocenters. The SMILES string of the molecule is O=C(O)NC(=S)Oc1ccccc1. The van der Waals surface area contributed by atoms with Crippen LogP contribution in [0.1, 0.15) is 0 Å². The Bertz CT molecular complexity index is 312. The zero-order valence-electron chi connectivity index (χ0n) is 6.56. The van der Waals surface area contributed by atoms with Crippen molar-refractivity contribution >= 4 is 23.5 Å². The lowest BCUT2D eigenvalue weighted by molar-refractivity contribution is 0.199. The third-order valence-electron chi connectivity index (χ3n) is 1.16. The molecule has 1 amide bonds. The molecule has 0 heterocycles. The topological polar surface area (TPSA) is 58.6 Å². The van der Waals surface area contributed by atoms with Crippen LogP contribution in [0.3, 0.4) is 0 Å². The first-order valence-corrected chi connectivity index (χ1v) is 3.86. The molecule has 0 aliphatic carbocycles. The Morgan fingerprint density at radius 2 is 2.00 bits per heavy atom. The largest absolute Gasteiger partial charge is 0.465 e. The molecule has 0 radical (unpaired) electrons. The molecule has 2 N–H and O–H groups in total. The highest BCUT2D eigenvalue weighted by molar-refractivity contribution is 7.80. The molecule has 0 aliphatic rings. The molecular weight excluding hydrogens is 190 g/mol. The van der Waals surface area contributed by atoms with Crippen molar-refractivity contribution in [1.29, 1.82) is 0 Å². The number of hydrogen-bond acceptors (Lipinski definition) is 3. The van der Waals surface area contributed by atoms with Crippen molar-refractivity contribution in [2.75, 3.05) is 0 Å². The molecule has 0 fully saturated rings. The van der Waals surface area contributed by atoms with Gasteiger partial charge in [0.1, 0.15) is 5.75 Å². The van der Waals surface area contributed by atoms with Gasteiger partial charge in [-0.2, -0.15) is 0 Å². The second-order valence-electron chi connectivity index (χ2n) is 2.13. The molecule has 0 bridgehead atoms. The van der Waals surface area contributed by atoms with Gasteiger partial charge in [0.05, 0.1) is 0 Å². The third-order valence-corrected chi connectivity index (χ3v) is 1.35. The monoisotopic (exact) mass is 197 g/mol. The lowest BCUT2D eigenvalue weighted by atomic mass is 10.3. The van der Waals surface area contributed by atoms with Crippen molar-refractivity contribution in [2.24, 2.45) is 0 Å². The van der Waals surface area contributed by atoms with Crippen molar-refractivity contribution in [3.05, 3.63) is 30.3 Å². The number of carboxylic acid groups (broad SMARTS) is 1. The van der Waals surface area contributed by atoms with Gasteiger partial charge in [-0.3, -0.25) is 5.32 Å². The number of para-hydroxylation sites is 1. The van der Waals surface area contributed by atoms with Gasteiger partial charge in [-0.05, 0) is 24.4 Å². The molecule has 1 aromatic rings. The van der Waals surface area contributed by atoms with Gasteiger partial charge in [-0.15, -0.1) is 0 Å². The molecule has 5 heteroatoms. The van der Waals surface area contributed by atoms with E-state index in [-0.39, 0.29) is 5.17 Å². The van der Waals surface area contributed by atoms with Crippen molar-refractivity contribution in [3.8, 4) is 5.75 Å². The van der Waals surface area contributed by atoms with Crippen LogP contribution in [-0.2, 0) is 0 Å². The standard InChI is InChI=1S/C8H7NO3S/c10-7(11)9-8(13)12-6-4-2-1-3-5-6/h1-5H,(H,9,13)(H,10,11). The van der Waals surface area contributed by atoms with Gasteiger partial charge < -0.3 is 9.84 Å². The fourth-order valence-corrected chi connectivity index (χ4v) is 0.892. The zero-order valence-corrected chi connectivity index (χ0v) is 7.38. The van der Waals surface area contributed by atoms with Gasteiger partial charge in [0.25, 0.3) is 5.17 Å². The van der Waals surface area contributed by atoms with Crippen LogP contribution in [0.4, 0.5) is 4.79 Å². The van der Waals surface area contributed by atoms with Crippen molar-refractivity contribution < 1.29 is 14.6 Å². The van der Waals surface area contributed by atoms with Gasteiger partial charge >= 0.3 is 6.09 Å². The predicted molar refractivity (Wildman–Crippen MR) is 50.8 cm³/mol. The molecule has 1 rings (SSSR count). The number of benzene rings is 1. The number of hydrogen-bond donors (Lipinski definition) is 2. The Morgan fingerprint density at radius 3 is 2.54 bits per heavy atom. The minimum atomic E-state index is -1.24.